The molecule has 0 radical (unpaired) electrons. The molecule has 6 nitrogen and oxygen atoms in total. The standard InChI is InChI=1S/C19H20N2O4S/c1-4-25-18-10-9-14(13(2)22)11-15(18)12-21-17-8-6-5-7-16(17)20-19(21)26(3,23)24/h5-11H,4,12H2,1-3H3. The number of benzene rings is 2. The summed E-state index contributed by atoms with van der Waals surface area (Å²) in [7, 11) is -3.52. The summed E-state index contributed by atoms with van der Waals surface area (Å²) in [6.45, 7) is 4.07. The molecule has 136 valence electrons. The third-order valence-corrected chi connectivity index (χ3v) is 5.02. The fourth-order valence-electron chi connectivity index (χ4n) is 2.88. The van der Waals surface area contributed by atoms with Crippen molar-refractivity contribution in [3.63, 3.8) is 0 Å². The van der Waals surface area contributed by atoms with Gasteiger partial charge < -0.3 is 9.30 Å². The Kier molecular flexibility index (Phi) is 4.82. The third kappa shape index (κ3) is 3.48. The van der Waals surface area contributed by atoms with E-state index < -0.39 is 9.84 Å². The first-order valence-corrected chi connectivity index (χ1v) is 10.1. The average Bonchev–Trinajstić information content (AvgIpc) is 2.95. The molecule has 0 aliphatic rings. The van der Waals surface area contributed by atoms with Gasteiger partial charge in [0.1, 0.15) is 5.75 Å². The first-order chi connectivity index (χ1) is 12.3. The number of ether oxygens (including phenoxy) is 1. The highest BCUT2D eigenvalue weighted by Crippen LogP contribution is 2.26. The Balaban J connectivity index is 2.20. The van der Waals surface area contributed by atoms with E-state index in [9.17, 15) is 13.2 Å². The SMILES string of the molecule is CCOc1ccc(C(C)=O)cc1Cn1c(S(C)(=O)=O)nc2ccccc21. The molecule has 3 rings (SSSR count). The van der Waals surface area contributed by atoms with E-state index in [-0.39, 0.29) is 17.5 Å². The Hall–Kier alpha value is -2.67. The second-order valence-electron chi connectivity index (χ2n) is 6.05. The van der Waals surface area contributed by atoms with Gasteiger partial charge in [-0.15, -0.1) is 0 Å². The van der Waals surface area contributed by atoms with E-state index >= 15 is 0 Å². The van der Waals surface area contributed by atoms with Crippen LogP contribution in [0.3, 0.4) is 0 Å². The number of imidazole rings is 1. The summed E-state index contributed by atoms with van der Waals surface area (Å²) >= 11 is 0. The number of carbonyl (C=O) groups excluding carboxylic acids is 1. The third-order valence-electron chi connectivity index (χ3n) is 4.05. The second kappa shape index (κ2) is 6.92. The normalized spacial score (nSPS) is 11.7. The van der Waals surface area contributed by atoms with Crippen LogP contribution >= 0.6 is 0 Å². The highest BCUT2D eigenvalue weighted by atomic mass is 32.2. The van der Waals surface area contributed by atoms with Gasteiger partial charge in [0, 0.05) is 17.4 Å². The van der Waals surface area contributed by atoms with E-state index in [4.69, 9.17) is 4.74 Å². The molecule has 1 heterocycles. The Morgan fingerprint density at radius 2 is 1.92 bits per heavy atom. The van der Waals surface area contributed by atoms with E-state index in [1.54, 1.807) is 28.8 Å². The van der Waals surface area contributed by atoms with Gasteiger partial charge in [-0.05, 0) is 44.2 Å². The van der Waals surface area contributed by atoms with Crippen LogP contribution in [0.25, 0.3) is 11.0 Å². The first kappa shape index (κ1) is 18.1. The fourth-order valence-corrected chi connectivity index (χ4v) is 3.71. The molecule has 0 aliphatic heterocycles. The number of aromatic nitrogens is 2. The maximum atomic E-state index is 12.2. The number of para-hydroxylation sites is 2. The molecule has 0 spiro atoms. The molecule has 0 fully saturated rings. The van der Waals surface area contributed by atoms with Gasteiger partial charge >= 0.3 is 0 Å². The molecule has 0 saturated heterocycles. The number of carbonyl (C=O) groups is 1. The summed E-state index contributed by atoms with van der Waals surface area (Å²) in [5.74, 6) is 0.558. The molecule has 0 N–H and O–H groups in total. The summed E-state index contributed by atoms with van der Waals surface area (Å²) in [6.07, 6.45) is 1.14. The summed E-state index contributed by atoms with van der Waals surface area (Å²) in [5, 5.41) is -0.00521. The Bertz CT molecular complexity index is 1080. The molecule has 1 aromatic heterocycles. The molecule has 26 heavy (non-hydrogen) atoms. The number of nitrogens with zero attached hydrogens (tertiary/aromatic N) is 2. The number of hydrogen-bond acceptors (Lipinski definition) is 5. The van der Waals surface area contributed by atoms with Gasteiger partial charge in [0.15, 0.2) is 5.78 Å². The highest BCUT2D eigenvalue weighted by Gasteiger charge is 2.20. The van der Waals surface area contributed by atoms with E-state index in [0.717, 1.165) is 11.8 Å². The van der Waals surface area contributed by atoms with E-state index in [1.807, 2.05) is 25.1 Å². The Morgan fingerprint density at radius 1 is 1.19 bits per heavy atom. The number of sulfone groups is 1. The minimum Gasteiger partial charge on any atom is -0.494 e. The van der Waals surface area contributed by atoms with Crippen LogP contribution in [-0.4, -0.2) is 36.6 Å². The molecule has 0 aliphatic carbocycles. The maximum Gasteiger partial charge on any atom is 0.228 e. The minimum atomic E-state index is -3.52. The van der Waals surface area contributed by atoms with Gasteiger partial charge in [-0.3, -0.25) is 4.79 Å². The average molecular weight is 372 g/mol. The van der Waals surface area contributed by atoms with Crippen molar-refractivity contribution in [3.8, 4) is 5.75 Å². The first-order valence-electron chi connectivity index (χ1n) is 8.23. The predicted molar refractivity (Wildman–Crippen MR) is 99.6 cm³/mol. The zero-order chi connectivity index (χ0) is 18.9. The van der Waals surface area contributed by atoms with Crippen molar-refractivity contribution in [1.82, 2.24) is 9.55 Å². The molecule has 0 bridgehead atoms. The topological polar surface area (TPSA) is 78.3 Å². The summed E-state index contributed by atoms with van der Waals surface area (Å²) in [4.78, 5) is 16.0. The van der Waals surface area contributed by atoms with Crippen LogP contribution in [0.5, 0.6) is 5.75 Å². The minimum absolute atomic E-state index is 0.00521. The molecule has 0 amide bonds. The van der Waals surface area contributed by atoms with Crippen molar-refractivity contribution in [2.45, 2.75) is 25.5 Å². The molecule has 2 aromatic carbocycles. The quantitative estimate of drug-likeness (QED) is 0.621. The zero-order valence-corrected chi connectivity index (χ0v) is 15.7. The van der Waals surface area contributed by atoms with Crippen LogP contribution in [0.1, 0.15) is 29.8 Å². The van der Waals surface area contributed by atoms with Crippen molar-refractivity contribution in [2.24, 2.45) is 0 Å². The van der Waals surface area contributed by atoms with Crippen molar-refractivity contribution in [1.29, 1.82) is 0 Å². The van der Waals surface area contributed by atoms with E-state index in [2.05, 4.69) is 4.98 Å². The molecular formula is C19H20N2O4S. The Labute approximate surface area is 152 Å². The van der Waals surface area contributed by atoms with Crippen LogP contribution in [0, 0.1) is 0 Å². The monoisotopic (exact) mass is 372 g/mol. The van der Waals surface area contributed by atoms with Crippen LogP contribution in [-0.2, 0) is 16.4 Å². The van der Waals surface area contributed by atoms with Gasteiger partial charge in [-0.2, -0.15) is 0 Å². The molecule has 0 atom stereocenters. The number of rotatable bonds is 6. The van der Waals surface area contributed by atoms with E-state index in [1.165, 1.54) is 6.92 Å². The number of fused-ring (bicyclic) bond motifs is 1. The van der Waals surface area contributed by atoms with Gasteiger partial charge in [0.2, 0.25) is 15.0 Å². The van der Waals surface area contributed by atoms with Gasteiger partial charge in [-0.25, -0.2) is 13.4 Å². The number of Topliss-reactive ketones (excluding diaryl/α,β-unsaturated/α-hetero) is 1. The second-order valence-corrected chi connectivity index (χ2v) is 7.96. The van der Waals surface area contributed by atoms with Crippen molar-refractivity contribution < 1.29 is 17.9 Å². The number of ketones is 1. The molecule has 0 saturated carbocycles. The largest absolute Gasteiger partial charge is 0.494 e. The maximum absolute atomic E-state index is 12.2. The number of hydrogen-bond donors (Lipinski definition) is 0. The summed E-state index contributed by atoms with van der Waals surface area (Å²) in [6, 6.07) is 12.4. The Morgan fingerprint density at radius 3 is 2.58 bits per heavy atom. The van der Waals surface area contributed by atoms with Gasteiger partial charge in [0.05, 0.1) is 24.2 Å². The van der Waals surface area contributed by atoms with Crippen molar-refractivity contribution in [3.05, 3.63) is 53.6 Å². The van der Waals surface area contributed by atoms with Crippen molar-refractivity contribution >= 4 is 26.7 Å². The molecule has 0 unspecified atom stereocenters. The smallest absolute Gasteiger partial charge is 0.228 e. The molecule has 7 heteroatoms. The van der Waals surface area contributed by atoms with Crippen molar-refractivity contribution in [2.75, 3.05) is 12.9 Å². The van der Waals surface area contributed by atoms with Crippen LogP contribution < -0.4 is 4.74 Å². The van der Waals surface area contributed by atoms with Crippen LogP contribution in [0.4, 0.5) is 0 Å². The lowest BCUT2D eigenvalue weighted by Crippen LogP contribution is -2.12. The zero-order valence-electron chi connectivity index (χ0n) is 14.9. The fraction of sp³-hybridized carbons (Fsp3) is 0.263. The van der Waals surface area contributed by atoms with Gasteiger partial charge in [0.25, 0.3) is 0 Å². The molecule has 3 aromatic rings. The summed E-state index contributed by atoms with van der Waals surface area (Å²) in [5.41, 5.74) is 2.60. The van der Waals surface area contributed by atoms with Gasteiger partial charge in [-0.1, -0.05) is 12.1 Å². The van der Waals surface area contributed by atoms with E-state index in [0.29, 0.717) is 29.0 Å². The highest BCUT2D eigenvalue weighted by molar-refractivity contribution is 7.90. The lowest BCUT2D eigenvalue weighted by atomic mass is 10.1. The lowest BCUT2D eigenvalue weighted by molar-refractivity contribution is 0.101. The van der Waals surface area contributed by atoms with Crippen LogP contribution in [0.2, 0.25) is 0 Å². The van der Waals surface area contributed by atoms with Crippen LogP contribution in [0.15, 0.2) is 47.6 Å². The predicted octanol–water partition coefficient (Wildman–Crippen LogP) is 3.09. The molecular weight excluding hydrogens is 352 g/mol. The lowest BCUT2D eigenvalue weighted by Gasteiger charge is -2.14. The summed E-state index contributed by atoms with van der Waals surface area (Å²) < 4.78 is 31.8.